The standard InChI is InChI=1S/C18H34N2O4/c1-17(2,3)23-15(21)19(7)13-11-9-10-12-14(13)20(8)16(22)24-18(4,5)6/h13-14H,9-12H2,1-8H3/t13-,14+. The van der Waals surface area contributed by atoms with E-state index in [9.17, 15) is 9.59 Å². The Balaban J connectivity index is 2.84. The van der Waals surface area contributed by atoms with Gasteiger partial charge in [0.1, 0.15) is 11.2 Å². The maximum Gasteiger partial charge on any atom is 0.410 e. The average molecular weight is 342 g/mol. The van der Waals surface area contributed by atoms with E-state index in [1.54, 1.807) is 23.9 Å². The van der Waals surface area contributed by atoms with Gasteiger partial charge in [0.25, 0.3) is 0 Å². The van der Waals surface area contributed by atoms with Gasteiger partial charge >= 0.3 is 12.2 Å². The summed E-state index contributed by atoms with van der Waals surface area (Å²) in [5, 5.41) is 0. The number of amides is 2. The zero-order chi connectivity index (χ0) is 18.7. The Kier molecular flexibility index (Phi) is 6.53. The average Bonchev–Trinajstić information content (AvgIpc) is 2.42. The van der Waals surface area contributed by atoms with E-state index >= 15 is 0 Å². The highest BCUT2D eigenvalue weighted by Crippen LogP contribution is 2.28. The van der Waals surface area contributed by atoms with Gasteiger partial charge in [-0.05, 0) is 54.4 Å². The largest absolute Gasteiger partial charge is 0.444 e. The number of carbonyl (C=O) groups excluding carboxylic acids is 2. The molecule has 0 aromatic heterocycles. The number of hydrogen-bond donors (Lipinski definition) is 0. The molecule has 24 heavy (non-hydrogen) atoms. The SMILES string of the molecule is CN(C(=O)OC(C)(C)C)[C@@H]1CCCC[C@@H]1N(C)C(=O)OC(C)(C)C. The van der Waals surface area contributed by atoms with Crippen LogP contribution in [-0.4, -0.2) is 59.4 Å². The van der Waals surface area contributed by atoms with Crippen molar-refractivity contribution in [3.63, 3.8) is 0 Å². The molecule has 140 valence electrons. The highest BCUT2D eigenvalue weighted by molar-refractivity contribution is 5.70. The third-order valence-electron chi connectivity index (χ3n) is 4.05. The van der Waals surface area contributed by atoms with Crippen molar-refractivity contribution in [2.45, 2.75) is 90.5 Å². The molecule has 0 aliphatic heterocycles. The van der Waals surface area contributed by atoms with Crippen molar-refractivity contribution in [2.75, 3.05) is 14.1 Å². The highest BCUT2D eigenvalue weighted by Gasteiger charge is 2.37. The fraction of sp³-hybridized carbons (Fsp3) is 0.889. The summed E-state index contributed by atoms with van der Waals surface area (Å²) < 4.78 is 10.9. The number of hydrogen-bond acceptors (Lipinski definition) is 4. The summed E-state index contributed by atoms with van der Waals surface area (Å²) in [5.41, 5.74) is -1.07. The number of rotatable bonds is 2. The lowest BCUT2D eigenvalue weighted by molar-refractivity contribution is -0.00870. The summed E-state index contributed by atoms with van der Waals surface area (Å²) >= 11 is 0. The maximum absolute atomic E-state index is 12.4. The van der Waals surface area contributed by atoms with Gasteiger partial charge in [-0.25, -0.2) is 9.59 Å². The molecule has 0 spiro atoms. The molecule has 0 saturated heterocycles. The second kappa shape index (κ2) is 7.62. The summed E-state index contributed by atoms with van der Waals surface area (Å²) in [7, 11) is 3.50. The molecule has 6 nitrogen and oxygen atoms in total. The molecule has 0 heterocycles. The molecular formula is C18H34N2O4. The first-order valence-corrected chi connectivity index (χ1v) is 8.73. The first-order valence-electron chi connectivity index (χ1n) is 8.73. The van der Waals surface area contributed by atoms with Gasteiger partial charge in [-0.1, -0.05) is 12.8 Å². The molecule has 1 saturated carbocycles. The molecular weight excluding hydrogens is 308 g/mol. The summed E-state index contributed by atoms with van der Waals surface area (Å²) in [6.07, 6.45) is 3.09. The van der Waals surface area contributed by atoms with Gasteiger partial charge in [0.2, 0.25) is 0 Å². The van der Waals surface area contributed by atoms with Crippen LogP contribution in [0.25, 0.3) is 0 Å². The van der Waals surface area contributed by atoms with Crippen molar-refractivity contribution >= 4 is 12.2 Å². The molecule has 0 aromatic carbocycles. The molecule has 6 heteroatoms. The molecule has 2 amide bonds. The van der Waals surface area contributed by atoms with Crippen molar-refractivity contribution in [2.24, 2.45) is 0 Å². The van der Waals surface area contributed by atoms with Gasteiger partial charge in [0.05, 0.1) is 12.1 Å². The Bertz CT molecular complexity index is 409. The minimum Gasteiger partial charge on any atom is -0.444 e. The van der Waals surface area contributed by atoms with Crippen LogP contribution in [-0.2, 0) is 9.47 Å². The first kappa shape index (κ1) is 20.6. The predicted molar refractivity (Wildman–Crippen MR) is 94.0 cm³/mol. The van der Waals surface area contributed by atoms with Gasteiger partial charge in [-0.3, -0.25) is 0 Å². The van der Waals surface area contributed by atoms with E-state index in [1.807, 2.05) is 41.5 Å². The summed E-state index contributed by atoms with van der Waals surface area (Å²) in [6, 6.07) is -0.128. The van der Waals surface area contributed by atoms with Gasteiger partial charge in [-0.15, -0.1) is 0 Å². The van der Waals surface area contributed by atoms with Crippen molar-refractivity contribution in [1.82, 2.24) is 9.80 Å². The molecule has 1 rings (SSSR count). The quantitative estimate of drug-likeness (QED) is 0.760. The Morgan fingerprint density at radius 2 is 1.04 bits per heavy atom. The Hall–Kier alpha value is -1.46. The van der Waals surface area contributed by atoms with Crippen LogP contribution in [0, 0.1) is 0 Å². The van der Waals surface area contributed by atoms with E-state index in [0.29, 0.717) is 0 Å². The smallest absolute Gasteiger partial charge is 0.410 e. The van der Waals surface area contributed by atoms with Crippen molar-refractivity contribution in [1.29, 1.82) is 0 Å². The number of nitrogens with zero attached hydrogens (tertiary/aromatic N) is 2. The zero-order valence-electron chi connectivity index (χ0n) is 16.5. The van der Waals surface area contributed by atoms with Crippen LogP contribution in [0.2, 0.25) is 0 Å². The number of ether oxygens (including phenoxy) is 2. The fourth-order valence-electron chi connectivity index (χ4n) is 2.93. The molecule has 1 aliphatic carbocycles. The summed E-state index contributed by atoms with van der Waals surface area (Å²) in [5.74, 6) is 0. The van der Waals surface area contributed by atoms with Crippen LogP contribution in [0.3, 0.4) is 0 Å². The van der Waals surface area contributed by atoms with E-state index in [0.717, 1.165) is 25.7 Å². The van der Waals surface area contributed by atoms with Gasteiger partial charge in [0, 0.05) is 14.1 Å². The van der Waals surface area contributed by atoms with Gasteiger partial charge in [0.15, 0.2) is 0 Å². The summed E-state index contributed by atoms with van der Waals surface area (Å²) in [4.78, 5) is 28.1. The fourth-order valence-corrected chi connectivity index (χ4v) is 2.93. The van der Waals surface area contributed by atoms with Crippen LogP contribution in [0.15, 0.2) is 0 Å². The Labute approximate surface area is 146 Å². The van der Waals surface area contributed by atoms with Crippen molar-refractivity contribution < 1.29 is 19.1 Å². The molecule has 0 radical (unpaired) electrons. The molecule has 0 N–H and O–H groups in total. The molecule has 0 unspecified atom stereocenters. The summed E-state index contributed by atoms with van der Waals surface area (Å²) in [6.45, 7) is 11.1. The molecule has 0 bridgehead atoms. The molecule has 1 aliphatic rings. The molecule has 0 aromatic rings. The van der Waals surface area contributed by atoms with Crippen molar-refractivity contribution in [3.8, 4) is 0 Å². The molecule has 1 fully saturated rings. The van der Waals surface area contributed by atoms with E-state index in [1.165, 1.54) is 0 Å². The lowest BCUT2D eigenvalue weighted by atomic mass is 9.88. The van der Waals surface area contributed by atoms with Gasteiger partial charge < -0.3 is 19.3 Å². The second-order valence-corrected chi connectivity index (χ2v) is 8.60. The van der Waals surface area contributed by atoms with Gasteiger partial charge in [-0.2, -0.15) is 0 Å². The number of carbonyl (C=O) groups is 2. The van der Waals surface area contributed by atoms with E-state index < -0.39 is 11.2 Å². The third kappa shape index (κ3) is 6.21. The predicted octanol–water partition coefficient (Wildman–Crippen LogP) is 4.03. The first-order chi connectivity index (χ1) is 10.8. The van der Waals surface area contributed by atoms with Crippen molar-refractivity contribution in [3.05, 3.63) is 0 Å². The van der Waals surface area contributed by atoms with Crippen LogP contribution >= 0.6 is 0 Å². The van der Waals surface area contributed by atoms with Crippen LogP contribution in [0.4, 0.5) is 9.59 Å². The minimum absolute atomic E-state index is 0.0638. The van der Waals surface area contributed by atoms with Crippen LogP contribution < -0.4 is 0 Å². The Morgan fingerprint density at radius 3 is 1.29 bits per heavy atom. The van der Waals surface area contributed by atoms with Crippen LogP contribution in [0.1, 0.15) is 67.2 Å². The van der Waals surface area contributed by atoms with E-state index in [-0.39, 0.29) is 24.3 Å². The third-order valence-corrected chi connectivity index (χ3v) is 4.05. The highest BCUT2D eigenvalue weighted by atomic mass is 16.6. The minimum atomic E-state index is -0.535. The second-order valence-electron chi connectivity index (χ2n) is 8.60. The van der Waals surface area contributed by atoms with E-state index in [2.05, 4.69) is 0 Å². The normalized spacial score (nSPS) is 21.8. The number of likely N-dealkylation sites (N-methyl/N-ethyl adjacent to an activating group) is 2. The van der Waals surface area contributed by atoms with E-state index in [4.69, 9.17) is 9.47 Å². The maximum atomic E-state index is 12.4. The monoisotopic (exact) mass is 342 g/mol. The Morgan fingerprint density at radius 1 is 0.750 bits per heavy atom. The topological polar surface area (TPSA) is 59.1 Å². The lowest BCUT2D eigenvalue weighted by Crippen LogP contribution is -2.55. The zero-order valence-corrected chi connectivity index (χ0v) is 16.5. The lowest BCUT2D eigenvalue weighted by Gasteiger charge is -2.42. The van der Waals surface area contributed by atoms with Crippen LogP contribution in [0.5, 0.6) is 0 Å². The molecule has 2 atom stereocenters.